The van der Waals surface area contributed by atoms with Crippen LogP contribution in [-0.2, 0) is 4.79 Å². The number of piperidine rings is 1. The zero-order valence-electron chi connectivity index (χ0n) is 15.8. The summed E-state index contributed by atoms with van der Waals surface area (Å²) in [6.45, 7) is 3.43. The van der Waals surface area contributed by atoms with Crippen LogP contribution in [0.4, 0.5) is 0 Å². The van der Waals surface area contributed by atoms with Crippen molar-refractivity contribution in [2.24, 2.45) is 0 Å². The summed E-state index contributed by atoms with van der Waals surface area (Å²) in [5.41, 5.74) is 2.54. The van der Waals surface area contributed by atoms with E-state index in [0.717, 1.165) is 35.9 Å². The number of carbonyl (C=O) groups excluding carboxylic acids is 1. The van der Waals surface area contributed by atoms with Gasteiger partial charge < -0.3 is 14.3 Å². The molecule has 6 nitrogen and oxygen atoms in total. The summed E-state index contributed by atoms with van der Waals surface area (Å²) in [5, 5.41) is 0.337. The van der Waals surface area contributed by atoms with Gasteiger partial charge in [0.2, 0.25) is 11.5 Å². The van der Waals surface area contributed by atoms with E-state index in [9.17, 15) is 9.59 Å². The van der Waals surface area contributed by atoms with E-state index < -0.39 is 0 Å². The first-order chi connectivity index (χ1) is 13.6. The Morgan fingerprint density at radius 1 is 1.32 bits per heavy atom. The van der Waals surface area contributed by atoms with Crippen LogP contribution in [0.2, 0.25) is 0 Å². The van der Waals surface area contributed by atoms with Crippen LogP contribution in [0.25, 0.3) is 11.1 Å². The molecule has 7 heteroatoms. The maximum Gasteiger partial charge on any atom is 0.257 e. The Bertz CT molecular complexity index is 988. The van der Waals surface area contributed by atoms with Crippen LogP contribution in [0.1, 0.15) is 37.7 Å². The SMILES string of the molecule is CCC(Sc1nc2ccccc2o1)C(=O)N1CCC(c2cc[nH]c(=O)c2)CC1. The van der Waals surface area contributed by atoms with Crippen LogP contribution < -0.4 is 5.56 Å². The number of aromatic amines is 1. The molecule has 1 aliphatic rings. The van der Waals surface area contributed by atoms with E-state index in [0.29, 0.717) is 24.2 Å². The quantitative estimate of drug-likeness (QED) is 0.663. The summed E-state index contributed by atoms with van der Waals surface area (Å²) in [6, 6.07) is 11.3. The second-order valence-corrected chi connectivity index (χ2v) is 8.20. The normalized spacial score (nSPS) is 16.4. The lowest BCUT2D eigenvalue weighted by molar-refractivity contribution is -0.131. The summed E-state index contributed by atoms with van der Waals surface area (Å²) < 4.78 is 5.77. The first kappa shape index (κ1) is 18.8. The molecule has 1 aromatic carbocycles. The summed E-state index contributed by atoms with van der Waals surface area (Å²) in [4.78, 5) is 33.6. The number of benzene rings is 1. The average Bonchev–Trinajstić information content (AvgIpc) is 3.14. The zero-order valence-corrected chi connectivity index (χ0v) is 16.6. The number of likely N-dealkylation sites (tertiary alicyclic amines) is 1. The van der Waals surface area contributed by atoms with Crippen LogP contribution in [0.5, 0.6) is 0 Å². The molecule has 1 amide bonds. The van der Waals surface area contributed by atoms with E-state index in [-0.39, 0.29) is 16.7 Å². The molecule has 3 heterocycles. The molecule has 0 spiro atoms. The van der Waals surface area contributed by atoms with Crippen LogP contribution in [0.15, 0.2) is 57.0 Å². The van der Waals surface area contributed by atoms with Gasteiger partial charge in [-0.25, -0.2) is 4.98 Å². The fourth-order valence-electron chi connectivity index (χ4n) is 3.68. The van der Waals surface area contributed by atoms with Crippen molar-refractivity contribution in [3.8, 4) is 0 Å². The molecule has 0 aliphatic carbocycles. The minimum Gasteiger partial charge on any atom is -0.431 e. The minimum atomic E-state index is -0.204. The van der Waals surface area contributed by atoms with Gasteiger partial charge in [-0.3, -0.25) is 9.59 Å². The highest BCUT2D eigenvalue weighted by atomic mass is 32.2. The highest BCUT2D eigenvalue weighted by Gasteiger charge is 2.29. The lowest BCUT2D eigenvalue weighted by Crippen LogP contribution is -2.42. The van der Waals surface area contributed by atoms with Crippen molar-refractivity contribution in [2.75, 3.05) is 13.1 Å². The Hall–Kier alpha value is -2.54. The van der Waals surface area contributed by atoms with E-state index >= 15 is 0 Å². The predicted octanol–water partition coefficient (Wildman–Crippen LogP) is 3.79. The van der Waals surface area contributed by atoms with Gasteiger partial charge in [-0.2, -0.15) is 0 Å². The molecule has 1 saturated heterocycles. The number of thioether (sulfide) groups is 1. The monoisotopic (exact) mass is 397 g/mol. The topological polar surface area (TPSA) is 79.2 Å². The third-order valence-electron chi connectivity index (χ3n) is 5.24. The highest BCUT2D eigenvalue weighted by molar-refractivity contribution is 8.00. The minimum absolute atomic E-state index is 0.0724. The van der Waals surface area contributed by atoms with Gasteiger partial charge in [0, 0.05) is 25.4 Å². The number of fused-ring (bicyclic) bond motifs is 1. The molecule has 1 atom stereocenters. The molecule has 1 unspecified atom stereocenters. The lowest BCUT2D eigenvalue weighted by atomic mass is 9.90. The van der Waals surface area contributed by atoms with Crippen LogP contribution in [0.3, 0.4) is 0 Å². The number of nitrogens with zero attached hydrogens (tertiary/aromatic N) is 2. The summed E-state index contributed by atoms with van der Waals surface area (Å²) >= 11 is 1.40. The largest absolute Gasteiger partial charge is 0.431 e. The summed E-state index contributed by atoms with van der Waals surface area (Å²) in [5.74, 6) is 0.468. The molecule has 0 bridgehead atoms. The maximum atomic E-state index is 13.0. The van der Waals surface area contributed by atoms with Gasteiger partial charge in [-0.05, 0) is 48.9 Å². The number of nitrogens with one attached hydrogen (secondary N) is 1. The molecule has 28 heavy (non-hydrogen) atoms. The second-order valence-electron chi connectivity index (χ2n) is 7.05. The van der Waals surface area contributed by atoms with Crippen molar-refractivity contribution in [2.45, 2.75) is 42.6 Å². The van der Waals surface area contributed by atoms with Crippen molar-refractivity contribution in [3.05, 3.63) is 58.5 Å². The highest BCUT2D eigenvalue weighted by Crippen LogP contribution is 2.32. The summed E-state index contributed by atoms with van der Waals surface area (Å²) in [7, 11) is 0. The number of hydrogen-bond acceptors (Lipinski definition) is 5. The number of para-hydroxylation sites is 2. The molecule has 146 valence electrons. The van der Waals surface area contributed by atoms with Crippen molar-refractivity contribution in [1.29, 1.82) is 0 Å². The van der Waals surface area contributed by atoms with Gasteiger partial charge in [0.15, 0.2) is 5.58 Å². The molecule has 4 rings (SSSR count). The Morgan fingerprint density at radius 3 is 2.82 bits per heavy atom. The Kier molecular flexibility index (Phi) is 5.52. The Labute approximate surface area is 167 Å². The first-order valence-corrected chi connectivity index (χ1v) is 10.5. The van der Waals surface area contributed by atoms with Gasteiger partial charge in [0.25, 0.3) is 5.22 Å². The third-order valence-corrected chi connectivity index (χ3v) is 6.44. The Balaban J connectivity index is 1.39. The van der Waals surface area contributed by atoms with E-state index in [4.69, 9.17) is 4.42 Å². The molecule has 3 aromatic rings. The number of hydrogen-bond donors (Lipinski definition) is 1. The number of oxazole rings is 1. The number of H-pyrrole nitrogens is 1. The van der Waals surface area contributed by atoms with E-state index in [1.807, 2.05) is 42.2 Å². The predicted molar refractivity (Wildman–Crippen MR) is 110 cm³/mol. The standard InChI is InChI=1S/C21H23N3O3S/c1-2-18(28-21-23-16-5-3-4-6-17(16)27-21)20(26)24-11-8-14(9-12-24)15-7-10-22-19(25)13-15/h3-7,10,13-14,18H,2,8-9,11-12H2,1H3,(H,22,25). The number of aromatic nitrogens is 2. The number of carbonyl (C=O) groups is 1. The maximum absolute atomic E-state index is 13.0. The van der Waals surface area contributed by atoms with Crippen LogP contribution >= 0.6 is 11.8 Å². The van der Waals surface area contributed by atoms with E-state index in [1.165, 1.54) is 11.8 Å². The van der Waals surface area contributed by atoms with E-state index in [2.05, 4.69) is 9.97 Å². The van der Waals surface area contributed by atoms with Crippen LogP contribution in [-0.4, -0.2) is 39.1 Å². The van der Waals surface area contributed by atoms with Gasteiger partial charge in [-0.1, -0.05) is 30.8 Å². The summed E-state index contributed by atoms with van der Waals surface area (Å²) in [6.07, 6.45) is 4.16. The molecular weight excluding hydrogens is 374 g/mol. The fraction of sp³-hybridized carbons (Fsp3) is 0.381. The number of pyridine rings is 1. The van der Waals surface area contributed by atoms with Crippen LogP contribution in [0, 0.1) is 0 Å². The molecular formula is C21H23N3O3S. The average molecular weight is 398 g/mol. The molecule has 1 fully saturated rings. The van der Waals surface area contributed by atoms with Gasteiger partial charge in [0.1, 0.15) is 5.52 Å². The lowest BCUT2D eigenvalue weighted by Gasteiger charge is -2.33. The molecule has 1 N–H and O–H groups in total. The fourth-order valence-corrected chi connectivity index (χ4v) is 4.63. The first-order valence-electron chi connectivity index (χ1n) is 9.63. The van der Waals surface area contributed by atoms with Gasteiger partial charge in [-0.15, -0.1) is 0 Å². The number of amides is 1. The molecule has 1 aliphatic heterocycles. The number of rotatable bonds is 5. The zero-order chi connectivity index (χ0) is 19.5. The van der Waals surface area contributed by atoms with Gasteiger partial charge in [0.05, 0.1) is 5.25 Å². The molecule has 0 radical (unpaired) electrons. The molecule has 2 aromatic heterocycles. The van der Waals surface area contributed by atoms with Crippen molar-refractivity contribution in [1.82, 2.24) is 14.9 Å². The smallest absolute Gasteiger partial charge is 0.257 e. The molecule has 0 saturated carbocycles. The second kappa shape index (κ2) is 8.22. The third kappa shape index (κ3) is 3.99. The van der Waals surface area contributed by atoms with Crippen molar-refractivity contribution in [3.63, 3.8) is 0 Å². The van der Waals surface area contributed by atoms with Crippen molar-refractivity contribution < 1.29 is 9.21 Å². The van der Waals surface area contributed by atoms with E-state index in [1.54, 1.807) is 12.3 Å². The Morgan fingerprint density at radius 2 is 2.11 bits per heavy atom. The van der Waals surface area contributed by atoms with Gasteiger partial charge >= 0.3 is 0 Å². The van der Waals surface area contributed by atoms with Crippen molar-refractivity contribution >= 4 is 28.8 Å².